The fourth-order valence-electron chi connectivity index (χ4n) is 0.778. The molecule has 0 aliphatic carbocycles. The van der Waals surface area contributed by atoms with Gasteiger partial charge in [-0.05, 0) is 36.4 Å². The van der Waals surface area contributed by atoms with E-state index in [-0.39, 0.29) is 11.7 Å². The predicted molar refractivity (Wildman–Crippen MR) is 55.5 cm³/mol. The van der Waals surface area contributed by atoms with Crippen LogP contribution in [0.4, 0.5) is 0 Å². The molecule has 0 radical (unpaired) electrons. The van der Waals surface area contributed by atoms with Crippen molar-refractivity contribution >= 4 is 22.6 Å². The van der Waals surface area contributed by atoms with Gasteiger partial charge in [0.25, 0.3) is 0 Å². The number of ether oxygens (including phenoxy) is 1. The lowest BCUT2D eigenvalue weighted by Crippen LogP contribution is -2.10. The maximum atomic E-state index is 10.8. The smallest absolute Gasteiger partial charge is 0.249 e. The molecule has 0 saturated heterocycles. The average molecular weight is 279 g/mol. The Kier molecular flexibility index (Phi) is 3.13. The second-order valence-corrected chi connectivity index (χ2v) is 3.84. The third kappa shape index (κ3) is 2.51. The number of nitrogens with one attached hydrogen (secondary N) is 1. The molecule has 12 heavy (non-hydrogen) atoms. The summed E-state index contributed by atoms with van der Waals surface area (Å²) in [5, 5.41) is 0. The Morgan fingerprint density at radius 3 is 2.75 bits per heavy atom. The van der Waals surface area contributed by atoms with Crippen molar-refractivity contribution in [2.24, 2.45) is 0 Å². The molecule has 1 heterocycles. The van der Waals surface area contributed by atoms with Crippen LogP contribution in [0.15, 0.2) is 17.1 Å². The predicted octanol–water partition coefficient (Wildman–Crippen LogP) is 1.77. The van der Waals surface area contributed by atoms with Crippen molar-refractivity contribution in [3.05, 3.63) is 26.2 Å². The number of aromatic nitrogens is 1. The van der Waals surface area contributed by atoms with E-state index in [2.05, 4.69) is 27.6 Å². The number of H-pyrrole nitrogens is 1. The van der Waals surface area contributed by atoms with Crippen molar-refractivity contribution in [2.75, 3.05) is 0 Å². The van der Waals surface area contributed by atoms with E-state index in [0.717, 1.165) is 9.32 Å². The number of halogens is 1. The lowest BCUT2D eigenvalue weighted by Gasteiger charge is -2.09. The van der Waals surface area contributed by atoms with Crippen molar-refractivity contribution in [3.8, 4) is 5.75 Å². The minimum atomic E-state index is -0.101. The third-order valence-corrected chi connectivity index (χ3v) is 2.04. The van der Waals surface area contributed by atoms with Crippen LogP contribution in [0.1, 0.15) is 13.8 Å². The van der Waals surface area contributed by atoms with E-state index < -0.39 is 0 Å². The van der Waals surface area contributed by atoms with E-state index in [1.807, 2.05) is 13.8 Å². The lowest BCUT2D eigenvalue weighted by atomic mass is 10.4. The van der Waals surface area contributed by atoms with Gasteiger partial charge in [-0.2, -0.15) is 0 Å². The molecular formula is C8H10INO2. The molecule has 66 valence electrons. The second-order valence-electron chi connectivity index (χ2n) is 2.68. The van der Waals surface area contributed by atoms with Crippen LogP contribution in [-0.2, 0) is 0 Å². The molecule has 1 aromatic rings. The van der Waals surface area contributed by atoms with Crippen molar-refractivity contribution in [1.82, 2.24) is 4.98 Å². The molecule has 1 aromatic heterocycles. The SMILES string of the molecule is CC(C)Oc1c[nH]c(=O)cc1I. The molecule has 0 unspecified atom stereocenters. The number of hydrogen-bond acceptors (Lipinski definition) is 2. The summed E-state index contributed by atoms with van der Waals surface area (Å²) in [5.74, 6) is 0.727. The summed E-state index contributed by atoms with van der Waals surface area (Å²) in [6, 6.07) is 1.51. The molecule has 0 spiro atoms. The molecule has 3 nitrogen and oxygen atoms in total. The number of hydrogen-bond donors (Lipinski definition) is 1. The van der Waals surface area contributed by atoms with E-state index in [4.69, 9.17) is 4.74 Å². The number of pyridine rings is 1. The van der Waals surface area contributed by atoms with Crippen LogP contribution in [0.3, 0.4) is 0 Å². The van der Waals surface area contributed by atoms with Gasteiger partial charge in [-0.1, -0.05) is 0 Å². The molecule has 0 bridgehead atoms. The fourth-order valence-corrected chi connectivity index (χ4v) is 1.34. The van der Waals surface area contributed by atoms with E-state index in [1.165, 1.54) is 6.07 Å². The van der Waals surface area contributed by atoms with Crippen LogP contribution in [0.25, 0.3) is 0 Å². The van der Waals surface area contributed by atoms with E-state index >= 15 is 0 Å². The summed E-state index contributed by atoms with van der Waals surface area (Å²) >= 11 is 2.07. The summed E-state index contributed by atoms with van der Waals surface area (Å²) in [6.45, 7) is 3.89. The summed E-state index contributed by atoms with van der Waals surface area (Å²) in [4.78, 5) is 13.4. The summed E-state index contributed by atoms with van der Waals surface area (Å²) in [5.41, 5.74) is -0.101. The maximum absolute atomic E-state index is 10.8. The first-order chi connectivity index (χ1) is 5.59. The Hall–Kier alpha value is -0.520. The third-order valence-electron chi connectivity index (χ3n) is 1.20. The standard InChI is InChI=1S/C8H10INO2/c1-5(2)12-7-4-10-8(11)3-6(7)9/h3-5H,1-2H3,(H,10,11). The molecule has 0 aliphatic heterocycles. The van der Waals surface area contributed by atoms with Gasteiger partial charge in [0, 0.05) is 12.3 Å². The van der Waals surface area contributed by atoms with E-state index in [1.54, 1.807) is 6.20 Å². The van der Waals surface area contributed by atoms with Gasteiger partial charge in [0.1, 0.15) is 5.75 Å². The van der Waals surface area contributed by atoms with Crippen molar-refractivity contribution in [2.45, 2.75) is 20.0 Å². The van der Waals surface area contributed by atoms with Crippen LogP contribution in [0.2, 0.25) is 0 Å². The van der Waals surface area contributed by atoms with Crippen molar-refractivity contribution < 1.29 is 4.74 Å². The van der Waals surface area contributed by atoms with Gasteiger partial charge in [0.15, 0.2) is 0 Å². The highest BCUT2D eigenvalue weighted by atomic mass is 127. The first-order valence-electron chi connectivity index (χ1n) is 3.64. The van der Waals surface area contributed by atoms with Gasteiger partial charge in [-0.15, -0.1) is 0 Å². The van der Waals surface area contributed by atoms with Gasteiger partial charge in [0.2, 0.25) is 5.56 Å². The zero-order valence-corrected chi connectivity index (χ0v) is 9.08. The molecule has 0 saturated carbocycles. The van der Waals surface area contributed by atoms with Crippen LogP contribution < -0.4 is 10.3 Å². The summed E-state index contributed by atoms with van der Waals surface area (Å²) in [7, 11) is 0. The molecular weight excluding hydrogens is 269 g/mol. The van der Waals surface area contributed by atoms with Crippen LogP contribution in [-0.4, -0.2) is 11.1 Å². The fraction of sp³-hybridized carbons (Fsp3) is 0.375. The monoisotopic (exact) mass is 279 g/mol. The molecule has 1 rings (SSSR count). The van der Waals surface area contributed by atoms with Crippen molar-refractivity contribution in [3.63, 3.8) is 0 Å². The lowest BCUT2D eigenvalue weighted by molar-refractivity contribution is 0.239. The van der Waals surface area contributed by atoms with Gasteiger partial charge in [0.05, 0.1) is 9.67 Å². The average Bonchev–Trinajstić information content (AvgIpc) is 1.94. The highest BCUT2D eigenvalue weighted by Crippen LogP contribution is 2.17. The molecule has 0 fully saturated rings. The highest BCUT2D eigenvalue weighted by Gasteiger charge is 2.02. The first kappa shape index (κ1) is 9.57. The van der Waals surface area contributed by atoms with Gasteiger partial charge in [-0.25, -0.2) is 0 Å². The quantitative estimate of drug-likeness (QED) is 0.838. The molecule has 0 atom stereocenters. The normalized spacial score (nSPS) is 10.3. The van der Waals surface area contributed by atoms with Gasteiger partial charge >= 0.3 is 0 Å². The largest absolute Gasteiger partial charge is 0.488 e. The summed E-state index contributed by atoms with van der Waals surface area (Å²) < 4.78 is 6.26. The van der Waals surface area contributed by atoms with Crippen molar-refractivity contribution in [1.29, 1.82) is 0 Å². The molecule has 0 aliphatic rings. The highest BCUT2D eigenvalue weighted by molar-refractivity contribution is 14.1. The number of rotatable bonds is 2. The van der Waals surface area contributed by atoms with Crippen LogP contribution >= 0.6 is 22.6 Å². The molecule has 0 amide bonds. The molecule has 0 aromatic carbocycles. The first-order valence-corrected chi connectivity index (χ1v) is 4.72. The molecule has 1 N–H and O–H groups in total. The topological polar surface area (TPSA) is 42.1 Å². The Morgan fingerprint density at radius 1 is 1.58 bits per heavy atom. The second kappa shape index (κ2) is 3.93. The van der Waals surface area contributed by atoms with E-state index in [0.29, 0.717) is 0 Å². The minimum absolute atomic E-state index is 0.101. The number of aromatic amines is 1. The minimum Gasteiger partial charge on any atom is -0.488 e. The van der Waals surface area contributed by atoms with Crippen LogP contribution in [0, 0.1) is 3.57 Å². The van der Waals surface area contributed by atoms with E-state index in [9.17, 15) is 4.79 Å². The Bertz CT molecular complexity index is 319. The Morgan fingerprint density at radius 2 is 2.25 bits per heavy atom. The molecule has 4 heteroatoms. The zero-order chi connectivity index (χ0) is 9.14. The zero-order valence-electron chi connectivity index (χ0n) is 6.93. The Balaban J connectivity index is 2.94. The van der Waals surface area contributed by atoms with Gasteiger partial charge in [-0.3, -0.25) is 4.79 Å². The Labute approximate surface area is 84.3 Å². The maximum Gasteiger partial charge on any atom is 0.249 e. The van der Waals surface area contributed by atoms with Gasteiger partial charge < -0.3 is 9.72 Å². The van der Waals surface area contributed by atoms with Crippen LogP contribution in [0.5, 0.6) is 5.75 Å². The summed E-state index contributed by atoms with van der Waals surface area (Å²) in [6.07, 6.45) is 1.72.